The molecule has 0 fully saturated rings. The average molecular weight is 391 g/mol. The Morgan fingerprint density at radius 2 is 1.59 bits per heavy atom. The molecule has 0 saturated carbocycles. The molecule has 0 aromatic carbocycles. The van der Waals surface area contributed by atoms with Crippen LogP contribution in [0.5, 0.6) is 0 Å². The van der Waals surface area contributed by atoms with Crippen LogP contribution in [-0.2, 0) is 2.68 Å². The summed E-state index contributed by atoms with van der Waals surface area (Å²) in [6.07, 6.45) is 1.93. The monoisotopic (exact) mass is 391 g/mol. The van der Waals surface area contributed by atoms with E-state index < -0.39 is 36.2 Å². The number of pyridine rings is 1. The summed E-state index contributed by atoms with van der Waals surface area (Å²) >= 11 is -0.956. The Balaban J connectivity index is 3.49. The molecule has 2 radical (unpaired) electrons. The Bertz CT molecular complexity index is 356. The number of hydrogen-bond donors (Lipinski definition) is 0. The molecule has 1 rings (SSSR count). The summed E-state index contributed by atoms with van der Waals surface area (Å²) in [6, 6.07) is 6.32. The van der Waals surface area contributed by atoms with Gasteiger partial charge in [-0.05, 0) is 0 Å². The summed E-state index contributed by atoms with van der Waals surface area (Å²) in [5.74, 6) is 0. The van der Waals surface area contributed by atoms with Gasteiger partial charge in [-0.1, -0.05) is 0 Å². The minimum absolute atomic E-state index is 0.312. The standard InChI is InChI=1S/C12H22NSi2.ClH.Sn/c1-14(2,3)12(15(4,5)6)11-9-7-8-10-13-11;;/h7-10H,1-6H3;1H;/q;;+1/p-1. The van der Waals surface area contributed by atoms with Crippen LogP contribution in [0.15, 0.2) is 24.4 Å². The molecule has 1 heterocycles. The van der Waals surface area contributed by atoms with Gasteiger partial charge in [0, 0.05) is 0 Å². The third-order valence-corrected chi connectivity index (χ3v) is 33.0. The van der Waals surface area contributed by atoms with Crippen molar-refractivity contribution in [3.63, 3.8) is 0 Å². The van der Waals surface area contributed by atoms with E-state index >= 15 is 0 Å². The second-order valence-corrected chi connectivity index (χ2v) is 24.4. The first-order chi connectivity index (χ1) is 7.67. The first-order valence-corrected chi connectivity index (χ1v) is 18.0. The maximum atomic E-state index is 6.63. The van der Waals surface area contributed by atoms with Gasteiger partial charge in [-0.15, -0.1) is 0 Å². The molecule has 94 valence electrons. The van der Waals surface area contributed by atoms with Crippen LogP contribution in [0.25, 0.3) is 0 Å². The van der Waals surface area contributed by atoms with Crippen molar-refractivity contribution in [1.29, 1.82) is 0 Å². The number of hydrogen-bond acceptors (Lipinski definition) is 1. The van der Waals surface area contributed by atoms with Crippen molar-refractivity contribution in [3.05, 3.63) is 30.1 Å². The van der Waals surface area contributed by atoms with Gasteiger partial charge in [0.2, 0.25) is 0 Å². The van der Waals surface area contributed by atoms with E-state index in [2.05, 4.69) is 56.4 Å². The summed E-state index contributed by atoms with van der Waals surface area (Å²) in [5.41, 5.74) is 1.29. The Labute approximate surface area is 121 Å². The molecule has 0 aliphatic carbocycles. The molecule has 1 nitrogen and oxygen atoms in total. The Hall–Kier alpha value is 0.672. The molecule has 1 aromatic rings. The van der Waals surface area contributed by atoms with Crippen LogP contribution in [0.1, 0.15) is 5.69 Å². The van der Waals surface area contributed by atoms with Crippen LogP contribution in [0.3, 0.4) is 0 Å². The molecule has 0 aliphatic heterocycles. The zero-order chi connectivity index (χ0) is 13.3. The number of aromatic nitrogens is 1. The van der Waals surface area contributed by atoms with Crippen LogP contribution < -0.4 is 0 Å². The van der Waals surface area contributed by atoms with Crippen molar-refractivity contribution in [1.82, 2.24) is 4.98 Å². The van der Waals surface area contributed by atoms with Gasteiger partial charge in [-0.2, -0.15) is 0 Å². The van der Waals surface area contributed by atoms with Crippen LogP contribution in [0, 0.1) is 0 Å². The van der Waals surface area contributed by atoms with Gasteiger partial charge >= 0.3 is 122 Å². The predicted octanol–water partition coefficient (Wildman–Crippen LogP) is 3.89. The van der Waals surface area contributed by atoms with Gasteiger partial charge < -0.3 is 0 Å². The molecule has 0 unspecified atom stereocenters. The third kappa shape index (κ3) is 2.82. The molecular formula is C12H22ClNSi2Sn. The summed E-state index contributed by atoms with van der Waals surface area (Å²) in [5, 5.41) is 0. The second-order valence-electron chi connectivity index (χ2n) is 6.56. The topological polar surface area (TPSA) is 12.9 Å². The van der Waals surface area contributed by atoms with Crippen LogP contribution in [0.4, 0.5) is 0 Å². The predicted molar refractivity (Wildman–Crippen MR) is 84.2 cm³/mol. The van der Waals surface area contributed by atoms with Crippen LogP contribution >= 0.6 is 8.92 Å². The van der Waals surface area contributed by atoms with Crippen molar-refractivity contribution in [2.24, 2.45) is 0 Å². The first kappa shape index (κ1) is 15.7. The van der Waals surface area contributed by atoms with E-state index in [-0.39, 0.29) is 0 Å². The summed E-state index contributed by atoms with van der Waals surface area (Å²) in [6.45, 7) is 14.8. The average Bonchev–Trinajstić information content (AvgIpc) is 2.16. The minimum atomic E-state index is -1.37. The van der Waals surface area contributed by atoms with E-state index in [4.69, 9.17) is 8.92 Å². The maximum absolute atomic E-state index is 6.63. The molecule has 0 spiro atoms. The van der Waals surface area contributed by atoms with Crippen molar-refractivity contribution < 1.29 is 0 Å². The Kier molecular flexibility index (Phi) is 4.95. The van der Waals surface area contributed by atoms with Gasteiger partial charge in [-0.3, -0.25) is 0 Å². The quantitative estimate of drug-likeness (QED) is 0.711. The summed E-state index contributed by atoms with van der Waals surface area (Å²) in [7, 11) is 3.89. The molecule has 0 aliphatic rings. The molecule has 1 aromatic heterocycles. The molecule has 0 amide bonds. The number of rotatable bonds is 4. The fourth-order valence-electron chi connectivity index (χ4n) is 2.81. The Morgan fingerprint density at radius 3 is 1.88 bits per heavy atom. The molecule has 0 atom stereocenters. The Morgan fingerprint density at radius 1 is 1.06 bits per heavy atom. The van der Waals surface area contributed by atoms with Crippen LogP contribution in [0.2, 0.25) is 39.3 Å². The molecule has 17 heavy (non-hydrogen) atoms. The zero-order valence-corrected chi connectivity index (χ0v) is 17.2. The van der Waals surface area contributed by atoms with Gasteiger partial charge in [0.05, 0.1) is 0 Å². The van der Waals surface area contributed by atoms with E-state index in [0.717, 1.165) is 0 Å². The van der Waals surface area contributed by atoms with Gasteiger partial charge in [0.1, 0.15) is 0 Å². The van der Waals surface area contributed by atoms with E-state index in [1.165, 1.54) is 5.69 Å². The summed E-state index contributed by atoms with van der Waals surface area (Å²) in [4.78, 5) is 4.68. The van der Waals surface area contributed by atoms with Crippen molar-refractivity contribution in [2.45, 2.75) is 42.0 Å². The van der Waals surface area contributed by atoms with Crippen molar-refractivity contribution >= 4 is 45.1 Å². The summed E-state index contributed by atoms with van der Waals surface area (Å²) < 4.78 is 0.312. The van der Waals surface area contributed by atoms with E-state index in [0.29, 0.717) is 2.68 Å². The molecule has 0 saturated heterocycles. The zero-order valence-electron chi connectivity index (χ0n) is 11.6. The third-order valence-electron chi connectivity index (χ3n) is 3.44. The van der Waals surface area contributed by atoms with Crippen molar-refractivity contribution in [2.75, 3.05) is 0 Å². The fraction of sp³-hybridized carbons (Fsp3) is 0.583. The normalized spacial score (nSPS) is 13.8. The van der Waals surface area contributed by atoms with Gasteiger partial charge in [-0.25, -0.2) is 0 Å². The molecule has 0 N–H and O–H groups in total. The van der Waals surface area contributed by atoms with Crippen molar-refractivity contribution in [3.8, 4) is 0 Å². The van der Waals surface area contributed by atoms with Gasteiger partial charge in [0.25, 0.3) is 0 Å². The fourth-order valence-corrected chi connectivity index (χ4v) is 31.8. The van der Waals surface area contributed by atoms with E-state index in [1.807, 2.05) is 12.3 Å². The van der Waals surface area contributed by atoms with Crippen LogP contribution in [-0.4, -0.2) is 41.1 Å². The van der Waals surface area contributed by atoms with E-state index in [9.17, 15) is 0 Å². The second kappa shape index (κ2) is 5.35. The SMILES string of the molecule is C[Si](C)(C)[C]([Sn][Cl])(c1ccccn1)[Si](C)(C)C. The number of halogens is 1. The molecule has 0 bridgehead atoms. The molecular weight excluding hydrogens is 368 g/mol. The first-order valence-electron chi connectivity index (χ1n) is 5.96. The number of nitrogens with zero attached hydrogens (tertiary/aromatic N) is 1. The van der Waals surface area contributed by atoms with Gasteiger partial charge in [0.15, 0.2) is 0 Å². The molecule has 5 heteroatoms. The van der Waals surface area contributed by atoms with E-state index in [1.54, 1.807) is 0 Å².